The SMILES string of the molecule is CC[C@H](Oc1ccc(N(C)S(C)(=O)=O)cc1)C(=O)NCCN(C)C. The number of anilines is 1. The number of amides is 1. The number of nitrogens with one attached hydrogen (secondary N) is 1. The predicted molar refractivity (Wildman–Crippen MR) is 96.0 cm³/mol. The number of carbonyl (C=O) groups is 1. The standard InChI is InChI=1S/C16H27N3O4S/c1-6-15(16(20)17-11-12-18(2)3)23-14-9-7-13(8-10-14)19(4)24(5,21)22/h7-10,15H,6,11-12H2,1-5H3,(H,17,20)/t15-/m0/s1. The van der Waals surface area contributed by atoms with E-state index in [1.165, 1.54) is 11.4 Å². The summed E-state index contributed by atoms with van der Waals surface area (Å²) in [4.78, 5) is 14.1. The monoisotopic (exact) mass is 357 g/mol. The van der Waals surface area contributed by atoms with Crippen LogP contribution in [0.3, 0.4) is 0 Å². The average molecular weight is 357 g/mol. The van der Waals surface area contributed by atoms with Gasteiger partial charge in [-0.05, 0) is 44.8 Å². The molecule has 0 aliphatic heterocycles. The van der Waals surface area contributed by atoms with Crippen molar-refractivity contribution in [3.63, 3.8) is 0 Å². The fraction of sp³-hybridized carbons (Fsp3) is 0.562. The number of carbonyl (C=O) groups excluding carboxylic acids is 1. The molecule has 0 saturated heterocycles. The molecular weight excluding hydrogens is 330 g/mol. The first kappa shape index (κ1) is 20.2. The van der Waals surface area contributed by atoms with Crippen LogP contribution in [0.1, 0.15) is 13.3 Å². The van der Waals surface area contributed by atoms with Crippen LogP contribution in [0.5, 0.6) is 5.75 Å². The molecule has 8 heteroatoms. The molecule has 0 unspecified atom stereocenters. The van der Waals surface area contributed by atoms with Gasteiger partial charge in [0.05, 0.1) is 11.9 Å². The molecule has 0 radical (unpaired) electrons. The Morgan fingerprint density at radius 1 is 1.21 bits per heavy atom. The molecular formula is C16H27N3O4S. The molecule has 0 aliphatic carbocycles. The summed E-state index contributed by atoms with van der Waals surface area (Å²) in [6, 6.07) is 6.61. The van der Waals surface area contributed by atoms with E-state index in [1.54, 1.807) is 24.3 Å². The van der Waals surface area contributed by atoms with Crippen LogP contribution >= 0.6 is 0 Å². The lowest BCUT2D eigenvalue weighted by Crippen LogP contribution is -2.40. The van der Waals surface area contributed by atoms with Gasteiger partial charge >= 0.3 is 0 Å². The lowest BCUT2D eigenvalue weighted by molar-refractivity contribution is -0.128. The van der Waals surface area contributed by atoms with Gasteiger partial charge in [0.15, 0.2) is 6.10 Å². The Morgan fingerprint density at radius 2 is 1.79 bits per heavy atom. The highest BCUT2D eigenvalue weighted by molar-refractivity contribution is 7.92. The van der Waals surface area contributed by atoms with E-state index in [2.05, 4.69) is 5.32 Å². The van der Waals surface area contributed by atoms with E-state index in [0.717, 1.165) is 12.8 Å². The fourth-order valence-corrected chi connectivity index (χ4v) is 2.43. The summed E-state index contributed by atoms with van der Waals surface area (Å²) in [5.41, 5.74) is 0.535. The van der Waals surface area contributed by atoms with Crippen LogP contribution in [-0.4, -0.2) is 65.8 Å². The Kier molecular flexibility index (Phi) is 7.50. The molecule has 0 aromatic heterocycles. The second-order valence-electron chi connectivity index (χ2n) is 5.83. The second kappa shape index (κ2) is 8.89. The van der Waals surface area contributed by atoms with Crippen LogP contribution in [0.15, 0.2) is 24.3 Å². The summed E-state index contributed by atoms with van der Waals surface area (Å²) >= 11 is 0. The summed E-state index contributed by atoms with van der Waals surface area (Å²) in [5, 5.41) is 2.84. The quantitative estimate of drug-likeness (QED) is 0.711. The topological polar surface area (TPSA) is 78.9 Å². The fourth-order valence-electron chi connectivity index (χ4n) is 1.93. The molecule has 1 amide bonds. The van der Waals surface area contributed by atoms with Crippen molar-refractivity contribution < 1.29 is 17.9 Å². The second-order valence-corrected chi connectivity index (χ2v) is 7.85. The lowest BCUT2D eigenvalue weighted by atomic mass is 10.2. The largest absolute Gasteiger partial charge is 0.481 e. The molecule has 136 valence electrons. The molecule has 1 N–H and O–H groups in total. The zero-order valence-electron chi connectivity index (χ0n) is 14.9. The number of nitrogens with zero attached hydrogens (tertiary/aromatic N) is 2. The van der Waals surface area contributed by atoms with Crippen molar-refractivity contribution in [1.29, 1.82) is 0 Å². The molecule has 0 aliphatic rings. The van der Waals surface area contributed by atoms with Gasteiger partial charge in [0.25, 0.3) is 5.91 Å². The highest BCUT2D eigenvalue weighted by Gasteiger charge is 2.18. The molecule has 0 bridgehead atoms. The minimum Gasteiger partial charge on any atom is -0.481 e. The molecule has 1 atom stereocenters. The Labute approximate surface area is 144 Å². The van der Waals surface area contributed by atoms with Gasteiger partial charge in [0.2, 0.25) is 10.0 Å². The van der Waals surface area contributed by atoms with Gasteiger partial charge in [0.1, 0.15) is 5.75 Å². The normalized spacial score (nSPS) is 12.8. The Balaban J connectivity index is 2.68. The molecule has 0 spiro atoms. The Bertz CT molecular complexity index is 629. The number of sulfonamides is 1. The molecule has 0 heterocycles. The summed E-state index contributed by atoms with van der Waals surface area (Å²) < 4.78 is 29.9. The van der Waals surface area contributed by atoms with Gasteiger partial charge in [0, 0.05) is 20.1 Å². The molecule has 1 aromatic rings. The van der Waals surface area contributed by atoms with E-state index >= 15 is 0 Å². The molecule has 1 rings (SSSR count). The first-order chi connectivity index (χ1) is 11.1. The third-order valence-electron chi connectivity index (χ3n) is 3.50. The first-order valence-electron chi connectivity index (χ1n) is 7.78. The van der Waals surface area contributed by atoms with Crippen molar-refractivity contribution in [3.05, 3.63) is 24.3 Å². The molecule has 0 fully saturated rings. The summed E-state index contributed by atoms with van der Waals surface area (Å²) in [6.45, 7) is 3.19. The summed E-state index contributed by atoms with van der Waals surface area (Å²) in [7, 11) is 2.06. The van der Waals surface area contributed by atoms with E-state index in [1.807, 2.05) is 25.9 Å². The zero-order valence-corrected chi connectivity index (χ0v) is 15.8. The highest BCUT2D eigenvalue weighted by Crippen LogP contribution is 2.21. The number of benzene rings is 1. The maximum atomic E-state index is 12.1. The van der Waals surface area contributed by atoms with Crippen molar-refractivity contribution in [2.24, 2.45) is 0 Å². The summed E-state index contributed by atoms with van der Waals surface area (Å²) in [5.74, 6) is 0.368. The smallest absolute Gasteiger partial charge is 0.261 e. The first-order valence-corrected chi connectivity index (χ1v) is 9.63. The third-order valence-corrected chi connectivity index (χ3v) is 4.70. The zero-order chi connectivity index (χ0) is 18.3. The van der Waals surface area contributed by atoms with Gasteiger partial charge in [-0.1, -0.05) is 6.92 Å². The Hall–Kier alpha value is -1.80. The van der Waals surface area contributed by atoms with Gasteiger partial charge < -0.3 is 15.0 Å². The maximum Gasteiger partial charge on any atom is 0.261 e. The van der Waals surface area contributed by atoms with Crippen molar-refractivity contribution in [2.45, 2.75) is 19.4 Å². The average Bonchev–Trinajstić information content (AvgIpc) is 2.51. The molecule has 1 aromatic carbocycles. The van der Waals surface area contributed by atoms with Crippen LogP contribution in [0.25, 0.3) is 0 Å². The third kappa shape index (κ3) is 6.37. The maximum absolute atomic E-state index is 12.1. The van der Waals surface area contributed by atoms with Crippen molar-refractivity contribution in [1.82, 2.24) is 10.2 Å². The number of likely N-dealkylation sites (N-methyl/N-ethyl adjacent to an activating group) is 1. The highest BCUT2D eigenvalue weighted by atomic mass is 32.2. The predicted octanol–water partition coefficient (Wildman–Crippen LogP) is 0.918. The van der Waals surface area contributed by atoms with Gasteiger partial charge in [-0.3, -0.25) is 9.10 Å². The van der Waals surface area contributed by atoms with E-state index < -0.39 is 16.1 Å². The number of rotatable bonds is 9. The van der Waals surface area contributed by atoms with Crippen molar-refractivity contribution in [3.8, 4) is 5.75 Å². The van der Waals surface area contributed by atoms with E-state index in [9.17, 15) is 13.2 Å². The van der Waals surface area contributed by atoms with Crippen LogP contribution in [0, 0.1) is 0 Å². The lowest BCUT2D eigenvalue weighted by Gasteiger charge is -2.20. The van der Waals surface area contributed by atoms with Crippen LogP contribution in [0.4, 0.5) is 5.69 Å². The molecule has 0 saturated carbocycles. The number of ether oxygens (including phenoxy) is 1. The van der Waals surface area contributed by atoms with Crippen LogP contribution in [-0.2, 0) is 14.8 Å². The number of hydrogen-bond acceptors (Lipinski definition) is 5. The molecule has 24 heavy (non-hydrogen) atoms. The van der Waals surface area contributed by atoms with Gasteiger partial charge in [-0.2, -0.15) is 0 Å². The van der Waals surface area contributed by atoms with Crippen LogP contribution < -0.4 is 14.4 Å². The van der Waals surface area contributed by atoms with E-state index in [4.69, 9.17) is 4.74 Å². The summed E-state index contributed by atoms with van der Waals surface area (Å²) in [6.07, 6.45) is 1.10. The van der Waals surface area contributed by atoms with E-state index in [-0.39, 0.29) is 5.91 Å². The minimum atomic E-state index is -3.30. The van der Waals surface area contributed by atoms with Crippen molar-refractivity contribution >= 4 is 21.6 Å². The van der Waals surface area contributed by atoms with Crippen molar-refractivity contribution in [2.75, 3.05) is 44.8 Å². The van der Waals surface area contributed by atoms with Gasteiger partial charge in [-0.15, -0.1) is 0 Å². The Morgan fingerprint density at radius 3 is 2.25 bits per heavy atom. The van der Waals surface area contributed by atoms with Gasteiger partial charge in [-0.25, -0.2) is 8.42 Å². The van der Waals surface area contributed by atoms with E-state index in [0.29, 0.717) is 24.4 Å². The van der Waals surface area contributed by atoms with Crippen LogP contribution in [0.2, 0.25) is 0 Å². The minimum absolute atomic E-state index is 0.156. The molecule has 7 nitrogen and oxygen atoms in total. The number of hydrogen-bond donors (Lipinski definition) is 1.